The van der Waals surface area contributed by atoms with Gasteiger partial charge in [0, 0.05) is 42.9 Å². The van der Waals surface area contributed by atoms with E-state index in [1.807, 2.05) is 53.9 Å². The van der Waals surface area contributed by atoms with Crippen LogP contribution in [-0.2, 0) is 13.1 Å². The van der Waals surface area contributed by atoms with E-state index >= 15 is 0 Å². The molecular formula is C21H21N5O. The van der Waals surface area contributed by atoms with Gasteiger partial charge in [-0.2, -0.15) is 5.10 Å². The van der Waals surface area contributed by atoms with E-state index in [-0.39, 0.29) is 0 Å². The SMILES string of the molecule is COc1ccc(-n2cc(CNc3cccc(Cn4ccnc4)c3)cn2)cc1. The number of hydrogen-bond donors (Lipinski definition) is 1. The van der Waals surface area contributed by atoms with E-state index in [1.54, 1.807) is 13.3 Å². The highest BCUT2D eigenvalue weighted by molar-refractivity contribution is 5.46. The number of aromatic nitrogens is 4. The third-order valence-corrected chi connectivity index (χ3v) is 4.32. The van der Waals surface area contributed by atoms with Crippen LogP contribution in [0, 0.1) is 0 Å². The Morgan fingerprint density at radius 3 is 2.74 bits per heavy atom. The molecule has 4 aromatic rings. The van der Waals surface area contributed by atoms with E-state index < -0.39 is 0 Å². The number of imidazole rings is 1. The van der Waals surface area contributed by atoms with E-state index in [4.69, 9.17) is 4.74 Å². The summed E-state index contributed by atoms with van der Waals surface area (Å²) in [6.07, 6.45) is 9.50. The van der Waals surface area contributed by atoms with Crippen LogP contribution in [-0.4, -0.2) is 26.4 Å². The molecule has 0 spiro atoms. The van der Waals surface area contributed by atoms with Crippen LogP contribution in [0.2, 0.25) is 0 Å². The van der Waals surface area contributed by atoms with E-state index in [1.165, 1.54) is 5.56 Å². The second-order valence-corrected chi connectivity index (χ2v) is 6.28. The minimum absolute atomic E-state index is 0.713. The van der Waals surface area contributed by atoms with Gasteiger partial charge in [0.05, 0.1) is 25.3 Å². The number of nitrogens with zero attached hydrogens (tertiary/aromatic N) is 4. The summed E-state index contributed by atoms with van der Waals surface area (Å²) in [6.45, 7) is 1.52. The molecule has 0 aliphatic carbocycles. The highest BCUT2D eigenvalue weighted by Crippen LogP contribution is 2.16. The number of benzene rings is 2. The third kappa shape index (κ3) is 4.17. The number of anilines is 1. The lowest BCUT2D eigenvalue weighted by Gasteiger charge is -2.08. The molecule has 0 bridgehead atoms. The highest BCUT2D eigenvalue weighted by Gasteiger charge is 2.03. The molecule has 0 saturated heterocycles. The molecule has 0 amide bonds. The molecule has 6 heteroatoms. The quantitative estimate of drug-likeness (QED) is 0.546. The van der Waals surface area contributed by atoms with Crippen LogP contribution in [0.3, 0.4) is 0 Å². The molecule has 4 rings (SSSR count). The molecular weight excluding hydrogens is 338 g/mol. The third-order valence-electron chi connectivity index (χ3n) is 4.32. The van der Waals surface area contributed by atoms with Crippen LogP contribution in [0.25, 0.3) is 5.69 Å². The van der Waals surface area contributed by atoms with Gasteiger partial charge >= 0.3 is 0 Å². The normalized spacial score (nSPS) is 10.7. The lowest BCUT2D eigenvalue weighted by atomic mass is 10.2. The summed E-state index contributed by atoms with van der Waals surface area (Å²) in [5.74, 6) is 0.836. The first-order valence-electron chi connectivity index (χ1n) is 8.77. The zero-order chi connectivity index (χ0) is 18.5. The van der Waals surface area contributed by atoms with Crippen molar-refractivity contribution in [3.05, 3.63) is 90.8 Å². The van der Waals surface area contributed by atoms with Crippen molar-refractivity contribution < 1.29 is 4.74 Å². The van der Waals surface area contributed by atoms with Gasteiger partial charge in [-0.05, 0) is 42.0 Å². The summed E-state index contributed by atoms with van der Waals surface area (Å²) in [7, 11) is 1.66. The van der Waals surface area contributed by atoms with E-state index in [0.717, 1.165) is 29.2 Å². The minimum Gasteiger partial charge on any atom is -0.497 e. The smallest absolute Gasteiger partial charge is 0.119 e. The van der Waals surface area contributed by atoms with Gasteiger partial charge < -0.3 is 14.6 Å². The van der Waals surface area contributed by atoms with Crippen LogP contribution >= 0.6 is 0 Å². The van der Waals surface area contributed by atoms with Gasteiger partial charge in [-0.1, -0.05) is 12.1 Å². The van der Waals surface area contributed by atoms with Crippen LogP contribution in [0.15, 0.2) is 79.6 Å². The Bertz CT molecular complexity index is 990. The standard InChI is InChI=1S/C21H21N5O/c1-27-21-7-5-20(6-8-21)26-15-18(13-24-26)12-23-19-4-2-3-17(11-19)14-25-10-9-22-16-25/h2-11,13,15-16,23H,12,14H2,1H3. The Morgan fingerprint density at radius 2 is 1.96 bits per heavy atom. The highest BCUT2D eigenvalue weighted by atomic mass is 16.5. The van der Waals surface area contributed by atoms with Gasteiger partial charge in [0.2, 0.25) is 0 Å². The minimum atomic E-state index is 0.713. The molecule has 2 heterocycles. The molecule has 0 unspecified atom stereocenters. The van der Waals surface area contributed by atoms with Crippen molar-refractivity contribution in [2.75, 3.05) is 12.4 Å². The number of methoxy groups -OCH3 is 1. The zero-order valence-corrected chi connectivity index (χ0v) is 15.1. The predicted octanol–water partition coefficient (Wildman–Crippen LogP) is 3.74. The van der Waals surface area contributed by atoms with Crippen molar-refractivity contribution in [2.45, 2.75) is 13.1 Å². The van der Waals surface area contributed by atoms with Crippen LogP contribution in [0.4, 0.5) is 5.69 Å². The van der Waals surface area contributed by atoms with E-state index in [0.29, 0.717) is 6.54 Å². The second kappa shape index (κ2) is 7.78. The van der Waals surface area contributed by atoms with Gasteiger partial charge in [-0.3, -0.25) is 0 Å². The molecule has 27 heavy (non-hydrogen) atoms. The van der Waals surface area contributed by atoms with Gasteiger partial charge in [-0.25, -0.2) is 9.67 Å². The van der Waals surface area contributed by atoms with Crippen LogP contribution in [0.5, 0.6) is 5.75 Å². The predicted molar refractivity (Wildman–Crippen MR) is 105 cm³/mol. The summed E-state index contributed by atoms with van der Waals surface area (Å²) in [6, 6.07) is 16.3. The molecule has 0 fully saturated rings. The second-order valence-electron chi connectivity index (χ2n) is 6.28. The largest absolute Gasteiger partial charge is 0.497 e. The summed E-state index contributed by atoms with van der Waals surface area (Å²) in [4.78, 5) is 4.08. The van der Waals surface area contributed by atoms with E-state index in [2.05, 4.69) is 44.2 Å². The zero-order valence-electron chi connectivity index (χ0n) is 15.1. The Balaban J connectivity index is 1.39. The van der Waals surface area contributed by atoms with Crippen LogP contribution < -0.4 is 10.1 Å². The maximum absolute atomic E-state index is 5.20. The molecule has 2 aromatic carbocycles. The first kappa shape index (κ1) is 16.9. The van der Waals surface area contributed by atoms with Gasteiger partial charge in [-0.15, -0.1) is 0 Å². The lowest BCUT2D eigenvalue weighted by Crippen LogP contribution is -2.01. The Kier molecular flexibility index (Phi) is 4.87. The van der Waals surface area contributed by atoms with Crippen molar-refractivity contribution in [2.24, 2.45) is 0 Å². The number of hydrogen-bond acceptors (Lipinski definition) is 4. The summed E-state index contributed by atoms with van der Waals surface area (Å²) < 4.78 is 9.12. The first-order chi connectivity index (χ1) is 13.3. The molecule has 1 N–H and O–H groups in total. The maximum Gasteiger partial charge on any atom is 0.119 e. The van der Waals surface area contributed by atoms with Gasteiger partial charge in [0.15, 0.2) is 0 Å². The number of ether oxygens (including phenoxy) is 1. The molecule has 0 saturated carbocycles. The Hall–Kier alpha value is -3.54. The topological polar surface area (TPSA) is 56.9 Å². The fourth-order valence-corrected chi connectivity index (χ4v) is 2.90. The molecule has 0 radical (unpaired) electrons. The summed E-state index contributed by atoms with van der Waals surface area (Å²) >= 11 is 0. The average Bonchev–Trinajstić information content (AvgIpc) is 3.39. The molecule has 2 aromatic heterocycles. The molecule has 6 nitrogen and oxygen atoms in total. The van der Waals surface area contributed by atoms with Gasteiger partial charge in [0.25, 0.3) is 0 Å². The maximum atomic E-state index is 5.20. The van der Waals surface area contributed by atoms with E-state index in [9.17, 15) is 0 Å². The molecule has 136 valence electrons. The van der Waals surface area contributed by atoms with Crippen LogP contribution in [0.1, 0.15) is 11.1 Å². The number of nitrogens with one attached hydrogen (secondary N) is 1. The number of rotatable bonds is 7. The summed E-state index contributed by atoms with van der Waals surface area (Å²) in [5.41, 5.74) is 4.44. The average molecular weight is 359 g/mol. The van der Waals surface area contributed by atoms with Crippen molar-refractivity contribution in [1.29, 1.82) is 0 Å². The van der Waals surface area contributed by atoms with Crippen molar-refractivity contribution in [3.8, 4) is 11.4 Å². The Labute approximate surface area is 158 Å². The fourth-order valence-electron chi connectivity index (χ4n) is 2.90. The Morgan fingerprint density at radius 1 is 1.07 bits per heavy atom. The monoisotopic (exact) mass is 359 g/mol. The van der Waals surface area contributed by atoms with Gasteiger partial charge in [0.1, 0.15) is 5.75 Å². The summed E-state index contributed by atoms with van der Waals surface area (Å²) in [5, 5.41) is 7.91. The lowest BCUT2D eigenvalue weighted by molar-refractivity contribution is 0.414. The molecule has 0 atom stereocenters. The van der Waals surface area contributed by atoms with Crippen molar-refractivity contribution in [1.82, 2.24) is 19.3 Å². The molecule has 0 aliphatic rings. The van der Waals surface area contributed by atoms with Crippen molar-refractivity contribution in [3.63, 3.8) is 0 Å². The molecule has 0 aliphatic heterocycles. The fraction of sp³-hybridized carbons (Fsp3) is 0.143. The first-order valence-corrected chi connectivity index (χ1v) is 8.77. The van der Waals surface area contributed by atoms with Crippen molar-refractivity contribution >= 4 is 5.69 Å².